The van der Waals surface area contributed by atoms with Crippen molar-refractivity contribution in [3.63, 3.8) is 0 Å². The number of carbonyl (C=O) groups excluding carboxylic acids is 2. The van der Waals surface area contributed by atoms with Crippen molar-refractivity contribution < 1.29 is 14.3 Å². The topological polar surface area (TPSA) is 65.6 Å². The van der Waals surface area contributed by atoms with Crippen LogP contribution in [0.15, 0.2) is 72.9 Å². The predicted octanol–water partition coefficient (Wildman–Crippen LogP) is 6.75. The first-order valence-corrected chi connectivity index (χ1v) is 14.0. The summed E-state index contributed by atoms with van der Waals surface area (Å²) in [6.07, 6.45) is 4.44. The van der Waals surface area contributed by atoms with Crippen molar-refractivity contribution in [1.82, 2.24) is 14.8 Å². The Hall–Kier alpha value is -3.48. The van der Waals surface area contributed by atoms with Crippen LogP contribution in [0.5, 0.6) is 5.75 Å². The van der Waals surface area contributed by atoms with Crippen LogP contribution in [0.25, 0.3) is 10.9 Å². The number of benzene rings is 3. The number of ether oxygens (including phenoxy) is 1. The Morgan fingerprint density at radius 2 is 1.79 bits per heavy atom. The molecule has 0 saturated heterocycles. The zero-order valence-electron chi connectivity index (χ0n) is 21.8. The Bertz CT molecular complexity index is 1460. The van der Waals surface area contributed by atoms with Crippen LogP contribution in [-0.4, -0.2) is 52.3 Å². The largest absolute Gasteiger partial charge is 0.494 e. The van der Waals surface area contributed by atoms with Gasteiger partial charge in [0.25, 0.3) is 5.91 Å². The molecule has 202 valence electrons. The normalized spacial score (nSPS) is 12.9. The fourth-order valence-electron chi connectivity index (χ4n) is 4.78. The van der Waals surface area contributed by atoms with Gasteiger partial charge in [-0.05, 0) is 73.7 Å². The highest BCUT2D eigenvalue weighted by Gasteiger charge is 2.36. The first-order chi connectivity index (χ1) is 18.9. The van der Waals surface area contributed by atoms with Crippen molar-refractivity contribution >= 4 is 45.9 Å². The minimum absolute atomic E-state index is 0.00658. The molecule has 8 heteroatoms. The standard InChI is InChI=1S/C31H31Cl2N3O3/c1-2-39-25-12-7-21(8-13-25)19-35(16-15-22-18-34-29-6-4-3-5-26(22)29)30(37)20-36(24-10-11-24)31(38)27-14-9-23(32)17-28(27)33/h3-9,12-14,17-18,24,34H,2,10-11,15-16,19-20H2,1H3. The molecule has 6 nitrogen and oxygen atoms in total. The third-order valence-electron chi connectivity index (χ3n) is 7.00. The van der Waals surface area contributed by atoms with Gasteiger partial charge in [-0.1, -0.05) is 53.5 Å². The molecule has 1 aliphatic carbocycles. The van der Waals surface area contributed by atoms with E-state index in [4.69, 9.17) is 27.9 Å². The summed E-state index contributed by atoms with van der Waals surface area (Å²) in [5.41, 5.74) is 3.58. The molecule has 0 spiro atoms. The fourth-order valence-corrected chi connectivity index (χ4v) is 5.27. The molecule has 0 aliphatic heterocycles. The predicted molar refractivity (Wildman–Crippen MR) is 156 cm³/mol. The van der Waals surface area contributed by atoms with Crippen LogP contribution in [0.2, 0.25) is 10.0 Å². The van der Waals surface area contributed by atoms with Gasteiger partial charge in [-0.3, -0.25) is 9.59 Å². The highest BCUT2D eigenvalue weighted by molar-refractivity contribution is 6.36. The van der Waals surface area contributed by atoms with Gasteiger partial charge in [0, 0.05) is 41.3 Å². The third-order valence-corrected chi connectivity index (χ3v) is 7.55. The molecule has 0 radical (unpaired) electrons. The number of carbonyl (C=O) groups is 2. The Balaban J connectivity index is 1.36. The van der Waals surface area contributed by atoms with E-state index in [9.17, 15) is 9.59 Å². The van der Waals surface area contributed by atoms with Crippen molar-refractivity contribution in [1.29, 1.82) is 0 Å². The zero-order chi connectivity index (χ0) is 27.4. The summed E-state index contributed by atoms with van der Waals surface area (Å²) in [5, 5.41) is 1.90. The molecule has 1 N–H and O–H groups in total. The van der Waals surface area contributed by atoms with Crippen molar-refractivity contribution in [3.8, 4) is 5.75 Å². The van der Waals surface area contributed by atoms with E-state index in [0.717, 1.165) is 40.6 Å². The number of amides is 2. The van der Waals surface area contributed by atoms with Gasteiger partial charge < -0.3 is 19.5 Å². The van der Waals surface area contributed by atoms with Gasteiger partial charge >= 0.3 is 0 Å². The molecule has 39 heavy (non-hydrogen) atoms. The Morgan fingerprint density at radius 1 is 1.03 bits per heavy atom. The minimum Gasteiger partial charge on any atom is -0.494 e. The van der Waals surface area contributed by atoms with Crippen LogP contribution < -0.4 is 4.74 Å². The molecular formula is C31H31Cl2N3O3. The van der Waals surface area contributed by atoms with E-state index in [0.29, 0.717) is 36.7 Å². The van der Waals surface area contributed by atoms with Crippen LogP contribution in [0.1, 0.15) is 41.3 Å². The summed E-state index contributed by atoms with van der Waals surface area (Å²) in [7, 11) is 0. The number of hydrogen-bond donors (Lipinski definition) is 1. The summed E-state index contributed by atoms with van der Waals surface area (Å²) in [6.45, 7) is 3.48. The number of rotatable bonds is 11. The quantitative estimate of drug-likeness (QED) is 0.219. The van der Waals surface area contributed by atoms with Crippen LogP contribution in [-0.2, 0) is 17.8 Å². The van der Waals surface area contributed by atoms with Crippen molar-refractivity contribution in [2.24, 2.45) is 0 Å². The number of aromatic nitrogens is 1. The number of halogens is 2. The zero-order valence-corrected chi connectivity index (χ0v) is 23.3. The maximum atomic E-state index is 13.8. The summed E-state index contributed by atoms with van der Waals surface area (Å²) < 4.78 is 5.57. The summed E-state index contributed by atoms with van der Waals surface area (Å²) in [4.78, 5) is 34.1. The number of H-pyrrole nitrogens is 1. The van der Waals surface area contributed by atoms with Gasteiger partial charge in [0.15, 0.2) is 0 Å². The molecule has 2 amide bonds. The van der Waals surface area contributed by atoms with Gasteiger partial charge in [0.05, 0.1) is 17.2 Å². The molecule has 3 aromatic carbocycles. The molecule has 1 fully saturated rings. The van der Waals surface area contributed by atoms with Gasteiger partial charge in [0.2, 0.25) is 5.91 Å². The monoisotopic (exact) mass is 563 g/mol. The summed E-state index contributed by atoms with van der Waals surface area (Å²) >= 11 is 12.4. The van der Waals surface area contributed by atoms with E-state index in [1.807, 2.05) is 60.5 Å². The first kappa shape index (κ1) is 27.1. The number of aromatic amines is 1. The van der Waals surface area contributed by atoms with Gasteiger partial charge in [-0.25, -0.2) is 0 Å². The summed E-state index contributed by atoms with van der Waals surface area (Å²) in [6, 6.07) is 20.8. The van der Waals surface area contributed by atoms with E-state index >= 15 is 0 Å². The lowest BCUT2D eigenvalue weighted by molar-refractivity contribution is -0.132. The van der Waals surface area contributed by atoms with Crippen molar-refractivity contribution in [2.45, 2.75) is 38.8 Å². The van der Waals surface area contributed by atoms with Gasteiger partial charge in [-0.2, -0.15) is 0 Å². The molecule has 0 unspecified atom stereocenters. The molecule has 5 rings (SSSR count). The minimum atomic E-state index is -0.245. The van der Waals surface area contributed by atoms with Crippen molar-refractivity contribution in [3.05, 3.63) is 99.7 Å². The van der Waals surface area contributed by atoms with Crippen LogP contribution in [0.3, 0.4) is 0 Å². The lowest BCUT2D eigenvalue weighted by atomic mass is 10.1. The maximum Gasteiger partial charge on any atom is 0.256 e. The molecule has 4 aromatic rings. The van der Waals surface area contributed by atoms with E-state index in [-0.39, 0.29) is 29.4 Å². The van der Waals surface area contributed by atoms with Crippen molar-refractivity contribution in [2.75, 3.05) is 19.7 Å². The average molecular weight is 565 g/mol. The van der Waals surface area contributed by atoms with Crippen LogP contribution >= 0.6 is 23.2 Å². The number of nitrogens with one attached hydrogen (secondary N) is 1. The number of fused-ring (bicyclic) bond motifs is 1. The number of para-hydroxylation sites is 1. The molecule has 0 atom stereocenters. The second kappa shape index (κ2) is 12.1. The molecule has 1 heterocycles. The van der Waals surface area contributed by atoms with E-state index in [1.54, 1.807) is 23.1 Å². The maximum absolute atomic E-state index is 13.8. The Kier molecular flexibility index (Phi) is 8.44. The molecular weight excluding hydrogens is 533 g/mol. The Morgan fingerprint density at radius 3 is 2.51 bits per heavy atom. The summed E-state index contributed by atoms with van der Waals surface area (Å²) in [5.74, 6) is 0.447. The highest BCUT2D eigenvalue weighted by atomic mass is 35.5. The molecule has 1 aromatic heterocycles. The second-order valence-electron chi connectivity index (χ2n) is 9.79. The smallest absolute Gasteiger partial charge is 0.256 e. The molecule has 1 aliphatic rings. The van der Waals surface area contributed by atoms with Gasteiger partial charge in [0.1, 0.15) is 12.3 Å². The fraction of sp³-hybridized carbons (Fsp3) is 0.290. The second-order valence-corrected chi connectivity index (χ2v) is 10.6. The van der Waals surface area contributed by atoms with Crippen LogP contribution in [0, 0.1) is 0 Å². The lowest BCUT2D eigenvalue weighted by Gasteiger charge is -2.28. The Labute approximate surface area is 238 Å². The van der Waals surface area contributed by atoms with E-state index in [1.165, 1.54) is 0 Å². The molecule has 1 saturated carbocycles. The lowest BCUT2D eigenvalue weighted by Crippen LogP contribution is -2.44. The van der Waals surface area contributed by atoms with E-state index < -0.39 is 0 Å². The van der Waals surface area contributed by atoms with Gasteiger partial charge in [-0.15, -0.1) is 0 Å². The average Bonchev–Trinajstić information content (AvgIpc) is 3.69. The molecule has 0 bridgehead atoms. The first-order valence-electron chi connectivity index (χ1n) is 13.2. The third kappa shape index (κ3) is 6.57. The highest BCUT2D eigenvalue weighted by Crippen LogP contribution is 2.31. The number of hydrogen-bond acceptors (Lipinski definition) is 3. The van der Waals surface area contributed by atoms with Crippen LogP contribution in [0.4, 0.5) is 0 Å². The number of nitrogens with zero attached hydrogens (tertiary/aromatic N) is 2. The van der Waals surface area contributed by atoms with E-state index in [2.05, 4.69) is 11.1 Å². The SMILES string of the molecule is CCOc1ccc(CN(CCc2c[nH]c3ccccc23)C(=O)CN(C(=O)c2ccc(Cl)cc2Cl)C2CC2)cc1.